The van der Waals surface area contributed by atoms with Crippen molar-refractivity contribution in [3.8, 4) is 0 Å². The Morgan fingerprint density at radius 2 is 2.14 bits per heavy atom. The van der Waals surface area contributed by atoms with Gasteiger partial charge in [-0.05, 0) is 45.6 Å². The van der Waals surface area contributed by atoms with Gasteiger partial charge in [-0.2, -0.15) is 0 Å². The van der Waals surface area contributed by atoms with E-state index in [1.165, 1.54) is 0 Å². The van der Waals surface area contributed by atoms with E-state index in [1.54, 1.807) is 12.3 Å². The molecule has 1 aromatic rings. The van der Waals surface area contributed by atoms with Crippen LogP contribution in [-0.2, 0) is 4.74 Å². The number of amides is 2. The molecule has 0 radical (unpaired) electrons. The molecule has 1 fully saturated rings. The van der Waals surface area contributed by atoms with Gasteiger partial charge in [0.2, 0.25) is 0 Å². The largest absolute Gasteiger partial charge is 0.444 e. The van der Waals surface area contributed by atoms with E-state index >= 15 is 0 Å². The Morgan fingerprint density at radius 3 is 2.64 bits per heavy atom. The van der Waals surface area contributed by atoms with Gasteiger partial charge in [0.25, 0.3) is 5.91 Å². The van der Waals surface area contributed by atoms with Crippen LogP contribution in [0.3, 0.4) is 0 Å². The highest BCUT2D eigenvalue weighted by Gasteiger charge is 2.33. The van der Waals surface area contributed by atoms with Crippen molar-refractivity contribution in [2.24, 2.45) is 5.92 Å². The van der Waals surface area contributed by atoms with Crippen LogP contribution in [0.1, 0.15) is 44.1 Å². The fourth-order valence-corrected chi connectivity index (χ4v) is 2.25. The summed E-state index contributed by atoms with van der Waals surface area (Å²) in [6.07, 6.45) is 3.18. The third-order valence-corrected chi connectivity index (χ3v) is 3.48. The molecule has 22 heavy (non-hydrogen) atoms. The summed E-state index contributed by atoms with van der Waals surface area (Å²) in [4.78, 5) is 26.6. The summed E-state index contributed by atoms with van der Waals surface area (Å²) >= 11 is 5.80. The Kier molecular flexibility index (Phi) is 5.01. The third kappa shape index (κ3) is 5.26. The molecule has 0 spiro atoms. The van der Waals surface area contributed by atoms with Gasteiger partial charge in [-0.1, -0.05) is 11.6 Å². The molecule has 7 heteroatoms. The zero-order chi connectivity index (χ0) is 16.3. The number of hydrogen-bond acceptors (Lipinski definition) is 3. The summed E-state index contributed by atoms with van der Waals surface area (Å²) < 4.78 is 5.19. The van der Waals surface area contributed by atoms with Gasteiger partial charge in [0.1, 0.15) is 11.3 Å². The minimum Gasteiger partial charge on any atom is -0.444 e. The maximum Gasteiger partial charge on any atom is 0.407 e. The molecule has 1 aliphatic carbocycles. The van der Waals surface area contributed by atoms with Crippen molar-refractivity contribution in [2.45, 2.75) is 45.3 Å². The minimum atomic E-state index is -0.538. The summed E-state index contributed by atoms with van der Waals surface area (Å²) in [6.45, 7) is 5.77. The lowest BCUT2D eigenvalue weighted by Gasteiger charge is -2.22. The van der Waals surface area contributed by atoms with Crippen LogP contribution in [0.4, 0.5) is 4.79 Å². The Balaban J connectivity index is 1.85. The van der Waals surface area contributed by atoms with E-state index in [-0.39, 0.29) is 11.9 Å². The summed E-state index contributed by atoms with van der Waals surface area (Å²) in [5, 5.41) is 6.12. The lowest BCUT2D eigenvalue weighted by Crippen LogP contribution is -2.46. The fraction of sp³-hybridized carbons (Fsp3) is 0.600. The van der Waals surface area contributed by atoms with Crippen molar-refractivity contribution in [3.05, 3.63) is 23.0 Å². The average Bonchev–Trinajstić information content (AvgIpc) is 3.14. The first-order valence-electron chi connectivity index (χ1n) is 7.36. The van der Waals surface area contributed by atoms with Crippen LogP contribution in [0.15, 0.2) is 12.3 Å². The predicted molar refractivity (Wildman–Crippen MR) is 84.0 cm³/mol. The van der Waals surface area contributed by atoms with Crippen LogP contribution in [0.25, 0.3) is 0 Å². The van der Waals surface area contributed by atoms with Gasteiger partial charge in [-0.15, -0.1) is 0 Å². The second-order valence-electron chi connectivity index (χ2n) is 6.53. The van der Waals surface area contributed by atoms with Crippen molar-refractivity contribution in [1.82, 2.24) is 15.6 Å². The quantitative estimate of drug-likeness (QED) is 0.777. The number of ether oxygens (including phenoxy) is 1. The molecule has 0 unspecified atom stereocenters. The number of alkyl carbamates (subject to hydrolysis) is 1. The molecule has 3 N–H and O–H groups in total. The molecule has 1 saturated carbocycles. The molecule has 0 aliphatic heterocycles. The lowest BCUT2D eigenvalue weighted by molar-refractivity contribution is 0.0518. The van der Waals surface area contributed by atoms with Gasteiger partial charge in [0, 0.05) is 18.8 Å². The second kappa shape index (κ2) is 6.60. The number of carbonyl (C=O) groups is 2. The molecule has 122 valence electrons. The van der Waals surface area contributed by atoms with Crippen molar-refractivity contribution < 1.29 is 14.3 Å². The minimum absolute atomic E-state index is 0.109. The van der Waals surface area contributed by atoms with E-state index < -0.39 is 11.7 Å². The second-order valence-corrected chi connectivity index (χ2v) is 6.97. The van der Waals surface area contributed by atoms with Gasteiger partial charge in [-0.25, -0.2) is 4.79 Å². The number of aromatic amines is 1. The molecular weight excluding hydrogens is 306 g/mol. The Bertz CT molecular complexity index is 546. The van der Waals surface area contributed by atoms with E-state index in [2.05, 4.69) is 15.6 Å². The zero-order valence-electron chi connectivity index (χ0n) is 13.0. The molecule has 0 aromatic carbocycles. The fourth-order valence-electron chi connectivity index (χ4n) is 2.09. The van der Waals surface area contributed by atoms with Crippen LogP contribution >= 0.6 is 11.6 Å². The number of aromatic nitrogens is 1. The molecule has 1 heterocycles. The van der Waals surface area contributed by atoms with Gasteiger partial charge in [-0.3, -0.25) is 4.79 Å². The molecule has 0 bridgehead atoms. The Labute approximate surface area is 134 Å². The first-order chi connectivity index (χ1) is 10.2. The van der Waals surface area contributed by atoms with Crippen LogP contribution in [0.5, 0.6) is 0 Å². The highest BCUT2D eigenvalue weighted by Crippen LogP contribution is 2.32. The van der Waals surface area contributed by atoms with E-state index in [1.807, 2.05) is 20.8 Å². The van der Waals surface area contributed by atoms with E-state index in [0.717, 1.165) is 12.8 Å². The summed E-state index contributed by atoms with van der Waals surface area (Å²) in [7, 11) is 0. The summed E-state index contributed by atoms with van der Waals surface area (Å²) in [5.41, 5.74) is -0.128. The first-order valence-corrected chi connectivity index (χ1v) is 7.74. The standard InChI is InChI=1S/C15H22ClN3O3/c1-15(2,3)22-14(21)18-8-12(9-4-5-9)19-13(20)11-6-10(16)7-17-11/h6-7,9,12,17H,4-5,8H2,1-3H3,(H,18,21)(H,19,20)/t12-/m1/s1. The summed E-state index contributed by atoms with van der Waals surface area (Å²) in [6, 6.07) is 1.46. The molecule has 2 rings (SSSR count). The van der Waals surface area contributed by atoms with Crippen molar-refractivity contribution >= 4 is 23.6 Å². The maximum atomic E-state index is 12.1. The molecule has 0 saturated heterocycles. The highest BCUT2D eigenvalue weighted by molar-refractivity contribution is 6.30. The SMILES string of the molecule is CC(C)(C)OC(=O)NC[C@@H](NC(=O)c1cc(Cl)c[nH]1)C1CC1. The topological polar surface area (TPSA) is 83.2 Å². The van der Waals surface area contributed by atoms with E-state index in [9.17, 15) is 9.59 Å². The van der Waals surface area contributed by atoms with Gasteiger partial charge >= 0.3 is 6.09 Å². The average molecular weight is 328 g/mol. The molecule has 6 nitrogen and oxygen atoms in total. The zero-order valence-corrected chi connectivity index (χ0v) is 13.8. The maximum absolute atomic E-state index is 12.1. The predicted octanol–water partition coefficient (Wildman–Crippen LogP) is 2.70. The smallest absolute Gasteiger partial charge is 0.407 e. The van der Waals surface area contributed by atoms with Crippen LogP contribution < -0.4 is 10.6 Å². The highest BCUT2D eigenvalue weighted by atomic mass is 35.5. The Hall–Kier alpha value is -1.69. The van der Waals surface area contributed by atoms with Gasteiger partial charge in [0.05, 0.1) is 5.02 Å². The first kappa shape index (κ1) is 16.7. The number of carbonyl (C=O) groups excluding carboxylic acids is 2. The van der Waals surface area contributed by atoms with E-state index in [4.69, 9.17) is 16.3 Å². The third-order valence-electron chi connectivity index (χ3n) is 3.27. The van der Waals surface area contributed by atoms with Crippen LogP contribution in [0, 0.1) is 5.92 Å². The molecule has 1 aromatic heterocycles. The van der Waals surface area contributed by atoms with Crippen LogP contribution in [0.2, 0.25) is 5.02 Å². The number of nitrogens with one attached hydrogen (secondary N) is 3. The number of rotatable bonds is 5. The molecular formula is C15H22ClN3O3. The number of hydrogen-bond donors (Lipinski definition) is 3. The van der Waals surface area contributed by atoms with Crippen molar-refractivity contribution in [2.75, 3.05) is 6.54 Å². The Morgan fingerprint density at radius 1 is 1.45 bits per heavy atom. The normalized spacial score (nSPS) is 16.0. The number of H-pyrrole nitrogens is 1. The molecule has 2 amide bonds. The lowest BCUT2D eigenvalue weighted by atomic mass is 10.1. The van der Waals surface area contributed by atoms with Crippen molar-refractivity contribution in [1.29, 1.82) is 0 Å². The van der Waals surface area contributed by atoms with Crippen molar-refractivity contribution in [3.63, 3.8) is 0 Å². The number of halogens is 1. The monoisotopic (exact) mass is 327 g/mol. The van der Waals surface area contributed by atoms with E-state index in [0.29, 0.717) is 23.2 Å². The summed E-state index contributed by atoms with van der Waals surface area (Å²) in [5.74, 6) is 0.166. The molecule has 1 aliphatic rings. The molecule has 1 atom stereocenters. The van der Waals surface area contributed by atoms with Crippen LogP contribution in [-0.4, -0.2) is 35.2 Å². The van der Waals surface area contributed by atoms with Gasteiger partial charge in [0.15, 0.2) is 0 Å². The van der Waals surface area contributed by atoms with Gasteiger partial charge < -0.3 is 20.4 Å².